The fraction of sp³-hybridized carbons (Fsp3) is 0.412. The van der Waals surface area contributed by atoms with E-state index in [-0.39, 0.29) is 17.1 Å². The van der Waals surface area contributed by atoms with Crippen molar-refractivity contribution in [3.63, 3.8) is 0 Å². The Bertz CT molecular complexity index is 709. The molecule has 1 aromatic carbocycles. The van der Waals surface area contributed by atoms with E-state index in [0.29, 0.717) is 13.2 Å². The van der Waals surface area contributed by atoms with Gasteiger partial charge in [-0.25, -0.2) is 0 Å². The summed E-state index contributed by atoms with van der Waals surface area (Å²) < 4.78 is 44.8. The SMILES string of the molecule is CCCOc1nn(CCC)cc1C(=O)Nc1ccc(C(F)(F)F)cc1. The number of nitrogens with one attached hydrogen (secondary N) is 1. The number of rotatable bonds is 7. The van der Waals surface area contributed by atoms with Gasteiger partial charge in [-0.15, -0.1) is 5.10 Å². The van der Waals surface area contributed by atoms with Crippen molar-refractivity contribution in [3.05, 3.63) is 41.6 Å². The number of aromatic nitrogens is 2. The van der Waals surface area contributed by atoms with Crippen molar-refractivity contribution in [2.45, 2.75) is 39.4 Å². The molecule has 0 unspecified atom stereocenters. The molecule has 25 heavy (non-hydrogen) atoms. The molecule has 0 aliphatic rings. The normalized spacial score (nSPS) is 11.4. The zero-order valence-corrected chi connectivity index (χ0v) is 14.1. The summed E-state index contributed by atoms with van der Waals surface area (Å²) in [5.41, 5.74) is -0.252. The Morgan fingerprint density at radius 3 is 2.44 bits per heavy atom. The molecule has 1 aromatic heterocycles. The summed E-state index contributed by atoms with van der Waals surface area (Å²) in [6.45, 7) is 4.97. The summed E-state index contributed by atoms with van der Waals surface area (Å²) in [5.74, 6) is -0.257. The van der Waals surface area contributed by atoms with Gasteiger partial charge in [0.1, 0.15) is 5.56 Å². The minimum absolute atomic E-state index is 0.222. The lowest BCUT2D eigenvalue weighted by atomic mass is 10.2. The van der Waals surface area contributed by atoms with Crippen molar-refractivity contribution < 1.29 is 22.7 Å². The molecular weight excluding hydrogens is 335 g/mol. The second-order valence-electron chi connectivity index (χ2n) is 5.49. The Hall–Kier alpha value is -2.51. The molecule has 136 valence electrons. The van der Waals surface area contributed by atoms with E-state index < -0.39 is 17.6 Å². The predicted molar refractivity (Wildman–Crippen MR) is 87.7 cm³/mol. The first-order valence-electron chi connectivity index (χ1n) is 8.04. The van der Waals surface area contributed by atoms with Gasteiger partial charge in [-0.05, 0) is 37.1 Å². The van der Waals surface area contributed by atoms with Crippen LogP contribution in [0.25, 0.3) is 0 Å². The Morgan fingerprint density at radius 2 is 1.88 bits per heavy atom. The summed E-state index contributed by atoms with van der Waals surface area (Å²) in [6.07, 6.45) is -1.23. The van der Waals surface area contributed by atoms with Gasteiger partial charge >= 0.3 is 6.18 Å². The Labute approximate surface area is 143 Å². The third kappa shape index (κ3) is 4.98. The number of amides is 1. The minimum atomic E-state index is -4.41. The number of alkyl halides is 3. The van der Waals surface area contributed by atoms with Crippen LogP contribution < -0.4 is 10.1 Å². The van der Waals surface area contributed by atoms with Crippen LogP contribution in [0.3, 0.4) is 0 Å². The molecule has 0 bridgehead atoms. The molecule has 0 aliphatic carbocycles. The fourth-order valence-electron chi connectivity index (χ4n) is 2.15. The lowest BCUT2D eigenvalue weighted by molar-refractivity contribution is -0.137. The lowest BCUT2D eigenvalue weighted by Crippen LogP contribution is -2.13. The number of anilines is 1. The third-order valence-corrected chi connectivity index (χ3v) is 3.34. The zero-order valence-electron chi connectivity index (χ0n) is 14.1. The second-order valence-corrected chi connectivity index (χ2v) is 5.49. The highest BCUT2D eigenvalue weighted by Crippen LogP contribution is 2.30. The average Bonchev–Trinajstić information content (AvgIpc) is 2.96. The van der Waals surface area contributed by atoms with Crippen LogP contribution in [0.1, 0.15) is 42.6 Å². The van der Waals surface area contributed by atoms with Crippen LogP contribution in [0.4, 0.5) is 18.9 Å². The standard InChI is InChI=1S/C17H20F3N3O2/c1-3-9-23-11-14(16(22-23)25-10-4-2)15(24)21-13-7-5-12(6-8-13)17(18,19)20/h5-8,11H,3-4,9-10H2,1-2H3,(H,21,24). The number of carbonyl (C=O) groups excluding carboxylic acids is 1. The van der Waals surface area contributed by atoms with Gasteiger partial charge in [0, 0.05) is 18.4 Å². The van der Waals surface area contributed by atoms with E-state index in [1.54, 1.807) is 10.9 Å². The van der Waals surface area contributed by atoms with Gasteiger partial charge in [0.05, 0.1) is 12.2 Å². The smallest absolute Gasteiger partial charge is 0.416 e. The second kappa shape index (κ2) is 8.04. The number of benzene rings is 1. The van der Waals surface area contributed by atoms with Crippen molar-refractivity contribution in [2.24, 2.45) is 0 Å². The predicted octanol–water partition coefficient (Wildman–Crippen LogP) is 4.35. The summed E-state index contributed by atoms with van der Waals surface area (Å²) in [4.78, 5) is 12.4. The minimum Gasteiger partial charge on any atom is -0.476 e. The highest BCUT2D eigenvalue weighted by Gasteiger charge is 2.30. The molecule has 0 saturated carbocycles. The third-order valence-electron chi connectivity index (χ3n) is 3.34. The van der Waals surface area contributed by atoms with Gasteiger partial charge in [0.15, 0.2) is 0 Å². The van der Waals surface area contributed by atoms with Crippen molar-refractivity contribution in [1.82, 2.24) is 9.78 Å². The number of aryl methyl sites for hydroxylation is 1. The van der Waals surface area contributed by atoms with Crippen LogP contribution in [-0.4, -0.2) is 22.3 Å². The molecule has 5 nitrogen and oxygen atoms in total. The first-order chi connectivity index (χ1) is 11.8. The van der Waals surface area contributed by atoms with Gasteiger partial charge in [0.2, 0.25) is 5.88 Å². The van der Waals surface area contributed by atoms with Crippen molar-refractivity contribution in [1.29, 1.82) is 0 Å². The molecule has 1 heterocycles. The molecule has 0 aliphatic heterocycles. The Kier molecular flexibility index (Phi) is 6.06. The van der Waals surface area contributed by atoms with Crippen LogP contribution in [0, 0.1) is 0 Å². The molecule has 1 N–H and O–H groups in total. The number of carbonyl (C=O) groups is 1. The average molecular weight is 355 g/mol. The fourth-order valence-corrected chi connectivity index (χ4v) is 2.15. The first kappa shape index (κ1) is 18.8. The van der Waals surface area contributed by atoms with Crippen LogP contribution >= 0.6 is 0 Å². The van der Waals surface area contributed by atoms with Crippen LogP contribution in [-0.2, 0) is 12.7 Å². The summed E-state index contributed by atoms with van der Waals surface area (Å²) in [5, 5.41) is 6.80. The summed E-state index contributed by atoms with van der Waals surface area (Å²) in [7, 11) is 0. The molecular formula is C17H20F3N3O2. The summed E-state index contributed by atoms with van der Waals surface area (Å²) in [6, 6.07) is 4.27. The summed E-state index contributed by atoms with van der Waals surface area (Å²) >= 11 is 0. The van der Waals surface area contributed by atoms with Crippen molar-refractivity contribution in [2.75, 3.05) is 11.9 Å². The maximum Gasteiger partial charge on any atom is 0.416 e. The lowest BCUT2D eigenvalue weighted by Gasteiger charge is -2.09. The van der Waals surface area contributed by atoms with E-state index >= 15 is 0 Å². The van der Waals surface area contributed by atoms with Gasteiger partial charge in [-0.2, -0.15) is 13.2 Å². The maximum absolute atomic E-state index is 12.6. The number of hydrogen-bond donors (Lipinski definition) is 1. The van der Waals surface area contributed by atoms with E-state index in [9.17, 15) is 18.0 Å². The highest BCUT2D eigenvalue weighted by atomic mass is 19.4. The number of ether oxygens (including phenoxy) is 1. The zero-order chi connectivity index (χ0) is 18.4. The molecule has 2 rings (SSSR count). The van der Waals surface area contributed by atoms with E-state index in [1.165, 1.54) is 12.1 Å². The van der Waals surface area contributed by atoms with Gasteiger partial charge in [0.25, 0.3) is 5.91 Å². The largest absolute Gasteiger partial charge is 0.476 e. The van der Waals surface area contributed by atoms with Crippen LogP contribution in [0.2, 0.25) is 0 Å². The van der Waals surface area contributed by atoms with E-state index in [1.807, 2.05) is 13.8 Å². The van der Waals surface area contributed by atoms with E-state index in [4.69, 9.17) is 4.74 Å². The van der Waals surface area contributed by atoms with Crippen LogP contribution in [0.5, 0.6) is 5.88 Å². The number of nitrogens with zero attached hydrogens (tertiary/aromatic N) is 2. The van der Waals surface area contributed by atoms with Crippen molar-refractivity contribution >= 4 is 11.6 Å². The molecule has 0 spiro atoms. The molecule has 0 saturated heterocycles. The number of halogens is 3. The molecule has 2 aromatic rings. The molecule has 0 fully saturated rings. The topological polar surface area (TPSA) is 56.2 Å². The molecule has 8 heteroatoms. The van der Waals surface area contributed by atoms with E-state index in [2.05, 4.69) is 10.4 Å². The van der Waals surface area contributed by atoms with Crippen LogP contribution in [0.15, 0.2) is 30.5 Å². The highest BCUT2D eigenvalue weighted by molar-refractivity contribution is 6.05. The van der Waals surface area contributed by atoms with E-state index in [0.717, 1.165) is 25.0 Å². The van der Waals surface area contributed by atoms with Gasteiger partial charge in [-0.3, -0.25) is 9.48 Å². The monoisotopic (exact) mass is 355 g/mol. The maximum atomic E-state index is 12.6. The quantitative estimate of drug-likeness (QED) is 0.803. The molecule has 0 atom stereocenters. The van der Waals surface area contributed by atoms with Gasteiger partial charge in [-0.1, -0.05) is 13.8 Å². The number of hydrogen-bond acceptors (Lipinski definition) is 3. The Morgan fingerprint density at radius 1 is 1.20 bits per heavy atom. The molecule has 0 radical (unpaired) electrons. The molecule has 1 amide bonds. The van der Waals surface area contributed by atoms with Gasteiger partial charge < -0.3 is 10.1 Å². The Balaban J connectivity index is 2.16. The first-order valence-corrected chi connectivity index (χ1v) is 8.04. The van der Waals surface area contributed by atoms with Crippen molar-refractivity contribution in [3.8, 4) is 5.88 Å².